The summed E-state index contributed by atoms with van der Waals surface area (Å²) in [5.74, 6) is 0. The van der Waals surface area contributed by atoms with Gasteiger partial charge in [0.2, 0.25) is 0 Å². The summed E-state index contributed by atoms with van der Waals surface area (Å²) in [5, 5.41) is 0. The molecule has 0 bridgehead atoms. The van der Waals surface area contributed by atoms with Crippen molar-refractivity contribution < 1.29 is 0 Å². The Kier molecular flexibility index (Phi) is 5.45. The van der Waals surface area contributed by atoms with Gasteiger partial charge in [0.05, 0.1) is 0 Å². The summed E-state index contributed by atoms with van der Waals surface area (Å²) >= 11 is 0. The van der Waals surface area contributed by atoms with Crippen LogP contribution in [0.5, 0.6) is 0 Å². The van der Waals surface area contributed by atoms with Crippen molar-refractivity contribution in [3.63, 3.8) is 0 Å². The average Bonchev–Trinajstić information content (AvgIpc) is 2.26. The van der Waals surface area contributed by atoms with Gasteiger partial charge in [-0.1, -0.05) is 6.92 Å². The highest BCUT2D eigenvalue weighted by Gasteiger charge is 2.19. The molecule has 1 aliphatic heterocycles. The lowest BCUT2D eigenvalue weighted by molar-refractivity contribution is 0.100. The first-order chi connectivity index (χ1) is 6.77. The summed E-state index contributed by atoms with van der Waals surface area (Å²) in [4.78, 5) is 5.13. The molecule has 1 fully saturated rings. The molecule has 0 amide bonds. The lowest BCUT2D eigenvalue weighted by Gasteiger charge is -2.37. The van der Waals surface area contributed by atoms with Crippen molar-refractivity contribution in [3.05, 3.63) is 0 Å². The molecule has 0 aromatic heterocycles. The zero-order valence-corrected chi connectivity index (χ0v) is 9.71. The third-order valence-electron chi connectivity index (χ3n) is 3.30. The second-order valence-electron chi connectivity index (χ2n) is 4.28. The lowest BCUT2D eigenvalue weighted by atomic mass is 10.2. The molecule has 0 spiro atoms. The van der Waals surface area contributed by atoms with Gasteiger partial charge in [-0.05, 0) is 32.9 Å². The summed E-state index contributed by atoms with van der Waals surface area (Å²) in [6, 6.07) is 0.756. The summed E-state index contributed by atoms with van der Waals surface area (Å²) in [5.41, 5.74) is 5.51. The van der Waals surface area contributed by atoms with E-state index in [-0.39, 0.29) is 0 Å². The van der Waals surface area contributed by atoms with Gasteiger partial charge in [-0.3, -0.25) is 4.90 Å². The molecule has 0 saturated carbocycles. The summed E-state index contributed by atoms with van der Waals surface area (Å²) in [7, 11) is 0. The maximum Gasteiger partial charge on any atom is 0.0113 e. The highest BCUT2D eigenvalue weighted by molar-refractivity contribution is 4.75. The van der Waals surface area contributed by atoms with Crippen LogP contribution >= 0.6 is 0 Å². The largest absolute Gasteiger partial charge is 0.330 e. The van der Waals surface area contributed by atoms with Crippen LogP contribution in [0.4, 0.5) is 0 Å². The van der Waals surface area contributed by atoms with E-state index in [0.717, 1.165) is 19.0 Å². The van der Waals surface area contributed by atoms with Crippen LogP contribution < -0.4 is 5.73 Å². The minimum absolute atomic E-state index is 0.756. The van der Waals surface area contributed by atoms with Crippen molar-refractivity contribution in [2.24, 2.45) is 5.73 Å². The fraction of sp³-hybridized carbons (Fsp3) is 1.00. The topological polar surface area (TPSA) is 32.5 Å². The zero-order valence-electron chi connectivity index (χ0n) is 9.71. The minimum Gasteiger partial charge on any atom is -0.330 e. The molecule has 14 heavy (non-hydrogen) atoms. The van der Waals surface area contributed by atoms with E-state index >= 15 is 0 Å². The van der Waals surface area contributed by atoms with E-state index in [1.807, 2.05) is 0 Å². The third kappa shape index (κ3) is 3.56. The van der Waals surface area contributed by atoms with Gasteiger partial charge in [-0.25, -0.2) is 0 Å². The van der Waals surface area contributed by atoms with E-state index < -0.39 is 0 Å². The molecule has 0 aromatic rings. The third-order valence-corrected chi connectivity index (χ3v) is 3.30. The zero-order chi connectivity index (χ0) is 10.4. The first-order valence-electron chi connectivity index (χ1n) is 5.94. The van der Waals surface area contributed by atoms with Gasteiger partial charge in [0.1, 0.15) is 0 Å². The maximum atomic E-state index is 5.51. The summed E-state index contributed by atoms with van der Waals surface area (Å²) < 4.78 is 0. The minimum atomic E-state index is 0.756. The molecule has 1 rings (SSSR count). The van der Waals surface area contributed by atoms with Gasteiger partial charge in [0.15, 0.2) is 0 Å². The Bertz CT molecular complexity index is 141. The summed E-state index contributed by atoms with van der Waals surface area (Å²) in [6.07, 6.45) is 2.41. The van der Waals surface area contributed by atoms with Crippen LogP contribution in [-0.2, 0) is 0 Å². The van der Waals surface area contributed by atoms with E-state index in [4.69, 9.17) is 5.73 Å². The van der Waals surface area contributed by atoms with E-state index in [9.17, 15) is 0 Å². The average molecular weight is 199 g/mol. The first kappa shape index (κ1) is 12.0. The number of piperazine rings is 1. The maximum absolute atomic E-state index is 5.51. The fourth-order valence-electron chi connectivity index (χ4n) is 2.00. The molecule has 1 saturated heterocycles. The van der Waals surface area contributed by atoms with Crippen molar-refractivity contribution in [3.8, 4) is 0 Å². The molecule has 1 unspecified atom stereocenters. The van der Waals surface area contributed by atoms with Crippen LogP contribution in [0.3, 0.4) is 0 Å². The van der Waals surface area contributed by atoms with E-state index in [0.29, 0.717) is 0 Å². The van der Waals surface area contributed by atoms with Gasteiger partial charge in [0, 0.05) is 32.2 Å². The second-order valence-corrected chi connectivity index (χ2v) is 4.28. The Morgan fingerprint density at radius 3 is 2.36 bits per heavy atom. The van der Waals surface area contributed by atoms with Gasteiger partial charge >= 0.3 is 0 Å². The van der Waals surface area contributed by atoms with E-state index in [2.05, 4.69) is 23.6 Å². The fourth-order valence-corrected chi connectivity index (χ4v) is 2.00. The second kappa shape index (κ2) is 6.38. The lowest BCUT2D eigenvalue weighted by Crippen LogP contribution is -2.49. The monoisotopic (exact) mass is 199 g/mol. The Morgan fingerprint density at radius 1 is 1.21 bits per heavy atom. The SMILES string of the molecule is CCC(C)N1CCN(CCCN)CC1. The van der Waals surface area contributed by atoms with Crippen molar-refractivity contribution in [1.29, 1.82) is 0 Å². The molecule has 0 aromatic carbocycles. The standard InChI is InChI=1S/C11H25N3/c1-3-11(2)14-9-7-13(8-10-14)6-4-5-12/h11H,3-10,12H2,1-2H3. The molecule has 84 valence electrons. The molecule has 1 aliphatic rings. The Hall–Kier alpha value is -0.120. The number of hydrogen-bond acceptors (Lipinski definition) is 3. The predicted octanol–water partition coefficient (Wildman–Crippen LogP) is 0.751. The molecule has 1 heterocycles. The Morgan fingerprint density at radius 2 is 1.86 bits per heavy atom. The van der Waals surface area contributed by atoms with Crippen molar-refractivity contribution >= 4 is 0 Å². The number of nitrogens with two attached hydrogens (primary N) is 1. The number of rotatable bonds is 5. The quantitative estimate of drug-likeness (QED) is 0.709. The molecule has 0 radical (unpaired) electrons. The number of hydrogen-bond donors (Lipinski definition) is 1. The molecular formula is C11H25N3. The molecule has 1 atom stereocenters. The summed E-state index contributed by atoms with van der Waals surface area (Å²) in [6.45, 7) is 11.5. The smallest absolute Gasteiger partial charge is 0.0113 e. The van der Waals surface area contributed by atoms with E-state index in [1.165, 1.54) is 39.1 Å². The Balaban J connectivity index is 2.17. The van der Waals surface area contributed by atoms with Crippen LogP contribution in [0.1, 0.15) is 26.7 Å². The van der Waals surface area contributed by atoms with Gasteiger partial charge in [-0.2, -0.15) is 0 Å². The van der Waals surface area contributed by atoms with Crippen molar-refractivity contribution in [1.82, 2.24) is 9.80 Å². The van der Waals surface area contributed by atoms with Gasteiger partial charge in [0.25, 0.3) is 0 Å². The van der Waals surface area contributed by atoms with Crippen LogP contribution in [0, 0.1) is 0 Å². The highest BCUT2D eigenvalue weighted by atomic mass is 15.3. The highest BCUT2D eigenvalue weighted by Crippen LogP contribution is 2.08. The Labute approximate surface area is 88.2 Å². The van der Waals surface area contributed by atoms with Gasteiger partial charge in [-0.15, -0.1) is 0 Å². The molecule has 0 aliphatic carbocycles. The first-order valence-corrected chi connectivity index (χ1v) is 5.94. The number of nitrogens with zero attached hydrogens (tertiary/aromatic N) is 2. The van der Waals surface area contributed by atoms with Crippen LogP contribution in [-0.4, -0.2) is 55.1 Å². The van der Waals surface area contributed by atoms with Crippen molar-refractivity contribution in [2.75, 3.05) is 39.3 Å². The molecular weight excluding hydrogens is 174 g/mol. The normalized spacial score (nSPS) is 22.5. The van der Waals surface area contributed by atoms with Gasteiger partial charge < -0.3 is 10.6 Å². The van der Waals surface area contributed by atoms with Crippen LogP contribution in [0.15, 0.2) is 0 Å². The van der Waals surface area contributed by atoms with E-state index in [1.54, 1.807) is 0 Å². The van der Waals surface area contributed by atoms with Crippen LogP contribution in [0.25, 0.3) is 0 Å². The predicted molar refractivity (Wildman–Crippen MR) is 61.4 cm³/mol. The van der Waals surface area contributed by atoms with Crippen LogP contribution in [0.2, 0.25) is 0 Å². The molecule has 3 heteroatoms. The molecule has 3 nitrogen and oxygen atoms in total. The molecule has 2 N–H and O–H groups in total. The van der Waals surface area contributed by atoms with Crippen molar-refractivity contribution in [2.45, 2.75) is 32.7 Å².